The van der Waals surface area contributed by atoms with E-state index in [0.29, 0.717) is 46.1 Å². The normalized spacial score (nSPS) is 11.2. The molecule has 27 heavy (non-hydrogen) atoms. The van der Waals surface area contributed by atoms with Gasteiger partial charge in [0.25, 0.3) is 5.56 Å². The molecule has 0 aliphatic heterocycles. The molecule has 0 unspecified atom stereocenters. The van der Waals surface area contributed by atoms with Crippen molar-refractivity contribution in [3.05, 3.63) is 80.3 Å². The lowest BCUT2D eigenvalue weighted by Gasteiger charge is -2.09. The first-order valence-corrected chi connectivity index (χ1v) is 9.49. The summed E-state index contributed by atoms with van der Waals surface area (Å²) in [6, 6.07) is 10.6. The van der Waals surface area contributed by atoms with Crippen LogP contribution >= 0.6 is 27.5 Å². The van der Waals surface area contributed by atoms with E-state index in [2.05, 4.69) is 32.6 Å². The van der Waals surface area contributed by atoms with Crippen molar-refractivity contribution in [2.75, 3.05) is 6.61 Å². The fourth-order valence-electron chi connectivity index (χ4n) is 2.56. The van der Waals surface area contributed by atoms with E-state index < -0.39 is 0 Å². The Morgan fingerprint density at radius 2 is 2.15 bits per heavy atom. The van der Waals surface area contributed by atoms with Crippen molar-refractivity contribution in [1.82, 2.24) is 9.66 Å². The molecule has 0 aliphatic rings. The van der Waals surface area contributed by atoms with Crippen LogP contribution < -0.4 is 10.3 Å². The highest BCUT2D eigenvalue weighted by Crippen LogP contribution is 2.22. The van der Waals surface area contributed by atoms with Gasteiger partial charge in [0.2, 0.25) is 0 Å². The summed E-state index contributed by atoms with van der Waals surface area (Å²) in [5, 5.41) is 5.41. The van der Waals surface area contributed by atoms with E-state index in [9.17, 15) is 4.79 Å². The van der Waals surface area contributed by atoms with Crippen molar-refractivity contribution in [2.24, 2.45) is 5.10 Å². The van der Waals surface area contributed by atoms with Crippen molar-refractivity contribution < 1.29 is 4.74 Å². The summed E-state index contributed by atoms with van der Waals surface area (Å²) in [6.45, 7) is 5.93. The molecule has 0 bridgehead atoms. The molecule has 7 heteroatoms. The number of halogens is 2. The zero-order valence-corrected chi connectivity index (χ0v) is 17.0. The van der Waals surface area contributed by atoms with E-state index in [0.717, 1.165) is 4.47 Å². The van der Waals surface area contributed by atoms with Crippen molar-refractivity contribution in [3.63, 3.8) is 0 Å². The van der Waals surface area contributed by atoms with Crippen molar-refractivity contribution in [1.29, 1.82) is 0 Å². The van der Waals surface area contributed by atoms with Crippen molar-refractivity contribution in [3.8, 4) is 5.75 Å². The van der Waals surface area contributed by atoms with Gasteiger partial charge in [0, 0.05) is 21.5 Å². The largest absolute Gasteiger partial charge is 0.489 e. The number of aromatic nitrogens is 2. The number of fused-ring (bicyclic) bond motifs is 1. The van der Waals surface area contributed by atoms with E-state index in [1.807, 2.05) is 19.1 Å². The maximum Gasteiger partial charge on any atom is 0.282 e. The third-order valence-electron chi connectivity index (χ3n) is 3.83. The lowest BCUT2D eigenvalue weighted by Crippen LogP contribution is -2.22. The van der Waals surface area contributed by atoms with Crippen LogP contribution in [0.2, 0.25) is 5.02 Å². The third kappa shape index (κ3) is 4.28. The van der Waals surface area contributed by atoms with Gasteiger partial charge in [0.1, 0.15) is 18.2 Å². The van der Waals surface area contributed by atoms with E-state index in [-0.39, 0.29) is 5.56 Å². The van der Waals surface area contributed by atoms with E-state index in [1.165, 1.54) is 4.68 Å². The monoisotopic (exact) mass is 445 g/mol. The molecule has 3 rings (SSSR count). The first kappa shape index (κ1) is 19.3. The second kappa shape index (κ2) is 8.50. The van der Waals surface area contributed by atoms with Crippen LogP contribution in [0, 0.1) is 0 Å². The topological polar surface area (TPSA) is 56.5 Å². The molecule has 0 amide bonds. The molecule has 0 spiro atoms. The Bertz CT molecular complexity index is 1090. The molecule has 5 nitrogen and oxygen atoms in total. The molecule has 0 fully saturated rings. The first-order chi connectivity index (χ1) is 13.0. The number of hydrogen-bond acceptors (Lipinski definition) is 4. The predicted molar refractivity (Wildman–Crippen MR) is 113 cm³/mol. The number of hydrogen-bond donors (Lipinski definition) is 0. The highest BCUT2D eigenvalue weighted by Gasteiger charge is 2.10. The number of aryl methyl sites for hydroxylation is 1. The Kier molecular flexibility index (Phi) is 6.08. The van der Waals surface area contributed by atoms with Crippen LogP contribution in [0.4, 0.5) is 0 Å². The molecule has 0 aliphatic carbocycles. The molecule has 3 aromatic rings. The summed E-state index contributed by atoms with van der Waals surface area (Å²) in [4.78, 5) is 17.5. The van der Waals surface area contributed by atoms with Gasteiger partial charge in [-0.2, -0.15) is 9.78 Å². The molecule has 1 heterocycles. The van der Waals surface area contributed by atoms with Gasteiger partial charge in [-0.3, -0.25) is 4.79 Å². The molecule has 2 aromatic carbocycles. The van der Waals surface area contributed by atoms with Crippen LogP contribution in [0.15, 0.2) is 63.4 Å². The molecular formula is C20H17BrClN3O2. The number of ether oxygens (including phenoxy) is 1. The molecule has 0 N–H and O–H groups in total. The van der Waals surface area contributed by atoms with Crippen LogP contribution in [-0.4, -0.2) is 22.5 Å². The van der Waals surface area contributed by atoms with Crippen LogP contribution in [-0.2, 0) is 6.42 Å². The maximum atomic E-state index is 12.9. The van der Waals surface area contributed by atoms with Crippen molar-refractivity contribution in [2.45, 2.75) is 13.3 Å². The van der Waals surface area contributed by atoms with Crippen LogP contribution in [0.1, 0.15) is 18.3 Å². The summed E-state index contributed by atoms with van der Waals surface area (Å²) in [5.41, 5.74) is 1.07. The Morgan fingerprint density at radius 3 is 2.89 bits per heavy atom. The van der Waals surface area contributed by atoms with E-state index >= 15 is 0 Å². The fourth-order valence-corrected chi connectivity index (χ4v) is 3.10. The summed E-state index contributed by atoms with van der Waals surface area (Å²) in [5.74, 6) is 1.17. The van der Waals surface area contributed by atoms with Crippen LogP contribution in [0.25, 0.3) is 10.9 Å². The predicted octanol–water partition coefficient (Wildman–Crippen LogP) is 4.82. The Labute approximate surface area is 170 Å². The Morgan fingerprint density at radius 1 is 1.33 bits per heavy atom. The van der Waals surface area contributed by atoms with Gasteiger partial charge in [0.15, 0.2) is 0 Å². The second-order valence-electron chi connectivity index (χ2n) is 5.69. The van der Waals surface area contributed by atoms with E-state index in [4.69, 9.17) is 16.3 Å². The molecular weight excluding hydrogens is 430 g/mol. The van der Waals surface area contributed by atoms with Gasteiger partial charge in [0.05, 0.1) is 17.1 Å². The first-order valence-electron chi connectivity index (χ1n) is 8.32. The second-order valence-corrected chi connectivity index (χ2v) is 7.04. The van der Waals surface area contributed by atoms with Crippen LogP contribution in [0.5, 0.6) is 5.75 Å². The zero-order valence-electron chi connectivity index (χ0n) is 14.7. The minimum atomic E-state index is -0.231. The maximum absolute atomic E-state index is 12.9. The van der Waals surface area contributed by atoms with Gasteiger partial charge in [-0.05, 0) is 36.4 Å². The minimum absolute atomic E-state index is 0.231. The van der Waals surface area contributed by atoms with Gasteiger partial charge < -0.3 is 4.74 Å². The smallest absolute Gasteiger partial charge is 0.282 e. The van der Waals surface area contributed by atoms with Gasteiger partial charge in [-0.15, -0.1) is 0 Å². The lowest BCUT2D eigenvalue weighted by molar-refractivity contribution is 0.362. The zero-order chi connectivity index (χ0) is 19.4. The fraction of sp³-hybridized carbons (Fsp3) is 0.150. The number of rotatable bonds is 6. The lowest BCUT2D eigenvalue weighted by atomic mass is 10.2. The summed E-state index contributed by atoms with van der Waals surface area (Å²) >= 11 is 9.48. The molecule has 0 saturated carbocycles. The average Bonchev–Trinajstić information content (AvgIpc) is 2.66. The Hall–Kier alpha value is -2.44. The molecule has 0 atom stereocenters. The standard InChI is InChI=1S/C20H17BrClN3O2/c1-3-9-27-18-8-6-15(22)10-13(18)12-23-25-19(4-2)24-17-7-5-14(21)11-16(17)20(25)26/h3,5-8,10-12H,1,4,9H2,2H3. The van der Waals surface area contributed by atoms with Crippen molar-refractivity contribution >= 4 is 44.6 Å². The van der Waals surface area contributed by atoms with Gasteiger partial charge in [-0.25, -0.2) is 4.98 Å². The third-order valence-corrected chi connectivity index (χ3v) is 4.56. The summed E-state index contributed by atoms with van der Waals surface area (Å²) < 4.78 is 7.75. The van der Waals surface area contributed by atoms with Crippen LogP contribution in [0.3, 0.4) is 0 Å². The quantitative estimate of drug-likeness (QED) is 0.403. The number of nitrogens with zero attached hydrogens (tertiary/aromatic N) is 3. The SMILES string of the molecule is C=CCOc1ccc(Cl)cc1C=Nn1c(CC)nc2ccc(Br)cc2c1=O. The minimum Gasteiger partial charge on any atom is -0.489 e. The molecule has 1 aromatic heterocycles. The number of benzene rings is 2. The average molecular weight is 447 g/mol. The Balaban J connectivity index is 2.11. The molecule has 138 valence electrons. The van der Waals surface area contributed by atoms with Gasteiger partial charge >= 0.3 is 0 Å². The summed E-state index contributed by atoms with van der Waals surface area (Å²) in [6.07, 6.45) is 3.77. The highest BCUT2D eigenvalue weighted by molar-refractivity contribution is 9.10. The highest BCUT2D eigenvalue weighted by atomic mass is 79.9. The van der Waals surface area contributed by atoms with E-state index in [1.54, 1.807) is 36.6 Å². The molecule has 0 saturated heterocycles. The van der Waals surface area contributed by atoms with Gasteiger partial charge in [-0.1, -0.05) is 47.1 Å². The summed E-state index contributed by atoms with van der Waals surface area (Å²) in [7, 11) is 0. The molecule has 0 radical (unpaired) electrons.